The molecular formula is C30H30N6O7. The van der Waals surface area contributed by atoms with E-state index in [1.165, 1.54) is 30.6 Å². The average molecular weight is 587 g/mol. The van der Waals surface area contributed by atoms with Crippen LogP contribution in [0.5, 0.6) is 5.75 Å². The lowest BCUT2D eigenvalue weighted by atomic mass is 10.1. The van der Waals surface area contributed by atoms with Crippen molar-refractivity contribution in [2.24, 2.45) is 0 Å². The highest BCUT2D eigenvalue weighted by atomic mass is 16.7. The van der Waals surface area contributed by atoms with E-state index in [1.54, 1.807) is 28.9 Å². The van der Waals surface area contributed by atoms with E-state index in [0.717, 1.165) is 10.5 Å². The zero-order valence-electron chi connectivity index (χ0n) is 23.8. The van der Waals surface area contributed by atoms with Gasteiger partial charge in [0, 0.05) is 30.0 Å². The molecule has 5 rings (SSSR count). The molecule has 4 aromatic rings. The lowest BCUT2D eigenvalue weighted by molar-refractivity contribution is -0.0110. The third kappa shape index (κ3) is 6.25. The summed E-state index contributed by atoms with van der Waals surface area (Å²) in [7, 11) is 0. The molecule has 1 aliphatic rings. The van der Waals surface area contributed by atoms with Crippen LogP contribution in [0.4, 0.5) is 16.3 Å². The summed E-state index contributed by atoms with van der Waals surface area (Å²) >= 11 is 0. The maximum atomic E-state index is 13.5. The van der Waals surface area contributed by atoms with Crippen LogP contribution in [0.1, 0.15) is 62.0 Å². The fourth-order valence-corrected chi connectivity index (χ4v) is 4.51. The number of carbonyl (C=O) groups excluding carboxylic acids is 4. The monoisotopic (exact) mass is 586 g/mol. The predicted octanol–water partition coefficient (Wildman–Crippen LogP) is 4.10. The van der Waals surface area contributed by atoms with Crippen molar-refractivity contribution in [3.8, 4) is 5.75 Å². The van der Waals surface area contributed by atoms with Gasteiger partial charge in [0.1, 0.15) is 17.6 Å². The molecule has 2 aromatic carbocycles. The van der Waals surface area contributed by atoms with Crippen molar-refractivity contribution >= 4 is 40.9 Å². The number of amides is 3. The first-order valence-electron chi connectivity index (χ1n) is 13.6. The molecule has 13 heteroatoms. The largest absolute Gasteiger partial charge is 0.508 e. The number of aromatic nitrogens is 3. The van der Waals surface area contributed by atoms with Gasteiger partial charge in [0.2, 0.25) is 6.79 Å². The number of aryl methyl sites for hydroxylation is 2. The van der Waals surface area contributed by atoms with E-state index in [1.807, 2.05) is 20.8 Å². The van der Waals surface area contributed by atoms with Gasteiger partial charge in [0.15, 0.2) is 5.82 Å². The van der Waals surface area contributed by atoms with Gasteiger partial charge in [-0.2, -0.15) is 5.10 Å². The normalized spacial score (nSPS) is 12.4. The van der Waals surface area contributed by atoms with Crippen molar-refractivity contribution < 1.29 is 33.8 Å². The number of esters is 1. The molecule has 13 nitrogen and oxygen atoms in total. The topological polar surface area (TPSA) is 164 Å². The predicted molar refractivity (Wildman–Crippen MR) is 154 cm³/mol. The van der Waals surface area contributed by atoms with Crippen molar-refractivity contribution in [3.05, 3.63) is 82.8 Å². The van der Waals surface area contributed by atoms with Gasteiger partial charge in [-0.3, -0.25) is 9.59 Å². The van der Waals surface area contributed by atoms with Gasteiger partial charge in [0.05, 0.1) is 11.1 Å². The minimum Gasteiger partial charge on any atom is -0.508 e. The molecule has 3 N–H and O–H groups in total. The van der Waals surface area contributed by atoms with E-state index in [0.29, 0.717) is 47.5 Å². The van der Waals surface area contributed by atoms with Gasteiger partial charge in [-0.25, -0.2) is 24.0 Å². The number of nitrogens with zero attached hydrogens (tertiary/aromatic N) is 4. The van der Waals surface area contributed by atoms with Crippen molar-refractivity contribution in [2.75, 3.05) is 18.7 Å². The number of hydrogen-bond donors (Lipinski definition) is 3. The van der Waals surface area contributed by atoms with Crippen LogP contribution < -0.4 is 10.6 Å². The number of fused-ring (bicyclic) bond motifs is 1. The molecule has 222 valence electrons. The smallest absolute Gasteiger partial charge is 0.419 e. The summed E-state index contributed by atoms with van der Waals surface area (Å²) in [6.45, 7) is 5.30. The fraction of sp³-hybridized carbons (Fsp3) is 0.267. The Bertz CT molecular complexity index is 1710. The summed E-state index contributed by atoms with van der Waals surface area (Å²) in [5, 5.41) is 19.6. The molecule has 43 heavy (non-hydrogen) atoms. The number of carbonyl (C=O) groups is 4. The standard InChI is InChI=1S/C30H30N6O7/c1-4-31-27(38)23-14-35-25(18(23)3)26(32-15-33-35)34-24-13-20(6-5-17(24)2)28(39)36(21-9-10-21)30(41)43-16-42-29(40)19-7-11-22(37)12-8-19/h5-8,11-15,21,37H,4,9-10,16H2,1-3H3,(H,31,38)(H,32,33,34). The maximum absolute atomic E-state index is 13.5. The van der Waals surface area contributed by atoms with Crippen LogP contribution in [0.2, 0.25) is 0 Å². The molecule has 2 heterocycles. The second kappa shape index (κ2) is 12.2. The van der Waals surface area contributed by atoms with E-state index in [2.05, 4.69) is 20.7 Å². The van der Waals surface area contributed by atoms with Crippen molar-refractivity contribution in [1.29, 1.82) is 0 Å². The quantitative estimate of drug-likeness (QED) is 0.192. The first-order valence-corrected chi connectivity index (χ1v) is 13.6. The van der Waals surface area contributed by atoms with Gasteiger partial charge < -0.3 is 25.2 Å². The number of hydrogen-bond acceptors (Lipinski definition) is 10. The highest BCUT2D eigenvalue weighted by molar-refractivity contribution is 6.04. The molecule has 1 fully saturated rings. The van der Waals surface area contributed by atoms with Crippen molar-refractivity contribution in [1.82, 2.24) is 24.8 Å². The Labute approximate surface area is 246 Å². The van der Waals surface area contributed by atoms with Crippen LogP contribution in [0.15, 0.2) is 55.0 Å². The molecule has 3 amide bonds. The molecule has 0 aliphatic heterocycles. The Balaban J connectivity index is 1.32. The molecule has 0 saturated heterocycles. The molecule has 0 bridgehead atoms. The maximum Gasteiger partial charge on any atom is 0.419 e. The summed E-state index contributed by atoms with van der Waals surface area (Å²) in [5.74, 6) is -1.11. The number of ether oxygens (including phenoxy) is 2. The minimum absolute atomic E-state index is 0.00749. The third-order valence-corrected chi connectivity index (χ3v) is 6.95. The lowest BCUT2D eigenvalue weighted by Gasteiger charge is -2.21. The van der Waals surface area contributed by atoms with E-state index in [-0.39, 0.29) is 28.8 Å². The summed E-state index contributed by atoms with van der Waals surface area (Å²) < 4.78 is 11.7. The molecule has 0 radical (unpaired) electrons. The van der Waals surface area contributed by atoms with E-state index in [4.69, 9.17) is 9.47 Å². The number of phenolic OH excluding ortho intramolecular Hbond substituents is 1. The van der Waals surface area contributed by atoms with Crippen LogP contribution >= 0.6 is 0 Å². The van der Waals surface area contributed by atoms with Gasteiger partial charge >= 0.3 is 12.1 Å². The number of imide groups is 1. The van der Waals surface area contributed by atoms with Gasteiger partial charge in [-0.1, -0.05) is 6.07 Å². The van der Waals surface area contributed by atoms with Gasteiger partial charge in [-0.15, -0.1) is 0 Å². The Hall–Kier alpha value is -5.46. The Kier molecular flexibility index (Phi) is 8.23. The van der Waals surface area contributed by atoms with Crippen LogP contribution in [0.3, 0.4) is 0 Å². The van der Waals surface area contributed by atoms with E-state index >= 15 is 0 Å². The third-order valence-electron chi connectivity index (χ3n) is 6.95. The zero-order valence-corrected chi connectivity index (χ0v) is 23.8. The van der Waals surface area contributed by atoms with E-state index in [9.17, 15) is 24.3 Å². The number of aromatic hydroxyl groups is 1. The summed E-state index contributed by atoms with van der Waals surface area (Å²) in [6.07, 6.45) is 3.33. The average Bonchev–Trinajstić information content (AvgIpc) is 3.76. The van der Waals surface area contributed by atoms with Crippen molar-refractivity contribution in [2.45, 2.75) is 39.7 Å². The van der Waals surface area contributed by atoms with Crippen LogP contribution in [0.25, 0.3) is 5.52 Å². The molecule has 2 aromatic heterocycles. The van der Waals surface area contributed by atoms with Gasteiger partial charge in [0.25, 0.3) is 11.8 Å². The van der Waals surface area contributed by atoms with Crippen LogP contribution in [-0.4, -0.2) is 67.9 Å². The molecule has 0 unspecified atom stereocenters. The highest BCUT2D eigenvalue weighted by Crippen LogP contribution is 2.31. The zero-order chi connectivity index (χ0) is 30.7. The number of rotatable bonds is 9. The van der Waals surface area contributed by atoms with Crippen molar-refractivity contribution in [3.63, 3.8) is 0 Å². The first-order chi connectivity index (χ1) is 20.7. The highest BCUT2D eigenvalue weighted by Gasteiger charge is 2.39. The number of nitrogens with one attached hydrogen (secondary N) is 2. The number of benzene rings is 2. The van der Waals surface area contributed by atoms with Gasteiger partial charge in [-0.05, 0) is 81.1 Å². The second-order valence-corrected chi connectivity index (χ2v) is 10.00. The molecular weight excluding hydrogens is 556 g/mol. The fourth-order valence-electron chi connectivity index (χ4n) is 4.51. The molecule has 0 spiro atoms. The summed E-state index contributed by atoms with van der Waals surface area (Å²) in [5.41, 5.74) is 3.54. The van der Waals surface area contributed by atoms with Crippen LogP contribution in [0, 0.1) is 13.8 Å². The SMILES string of the molecule is CCNC(=O)c1cn2ncnc(Nc3cc(C(=O)N(C(=O)OCOC(=O)c4ccc(O)cc4)C4CC4)ccc3C)c2c1C. The number of anilines is 2. The Morgan fingerprint density at radius 2 is 1.77 bits per heavy atom. The first kappa shape index (κ1) is 29.0. The summed E-state index contributed by atoms with van der Waals surface area (Å²) in [6, 6.07) is 10.0. The summed E-state index contributed by atoms with van der Waals surface area (Å²) in [4.78, 5) is 56.6. The Morgan fingerprint density at radius 3 is 2.47 bits per heavy atom. The second-order valence-electron chi connectivity index (χ2n) is 10.00. The molecule has 0 atom stereocenters. The van der Waals surface area contributed by atoms with E-state index < -0.39 is 24.8 Å². The Morgan fingerprint density at radius 1 is 1.05 bits per heavy atom. The minimum atomic E-state index is -0.930. The molecule has 1 aliphatic carbocycles. The molecule has 1 saturated carbocycles. The lowest BCUT2D eigenvalue weighted by Crippen LogP contribution is -2.39. The number of phenols is 1. The van der Waals surface area contributed by atoms with Crippen LogP contribution in [-0.2, 0) is 9.47 Å².